The number of hydrogen-bond acceptors (Lipinski definition) is 5. The van der Waals surface area contributed by atoms with Crippen molar-refractivity contribution in [3.63, 3.8) is 0 Å². The predicted molar refractivity (Wildman–Crippen MR) is 86.6 cm³/mol. The Kier molecular flexibility index (Phi) is 4.54. The zero-order chi connectivity index (χ0) is 16.4. The van der Waals surface area contributed by atoms with E-state index in [0.29, 0.717) is 10.8 Å². The van der Waals surface area contributed by atoms with Crippen molar-refractivity contribution in [2.24, 2.45) is 13.0 Å². The molecule has 0 aliphatic carbocycles. The number of imidazole rings is 1. The van der Waals surface area contributed by atoms with Crippen LogP contribution in [0.25, 0.3) is 0 Å². The maximum atomic E-state index is 11.8. The Morgan fingerprint density at radius 3 is 2.96 bits per heavy atom. The van der Waals surface area contributed by atoms with Gasteiger partial charge in [-0.1, -0.05) is 0 Å². The van der Waals surface area contributed by atoms with E-state index in [-0.39, 0.29) is 0 Å². The second-order valence-electron chi connectivity index (χ2n) is 6.39. The minimum absolute atomic E-state index is 0.332. The molecule has 1 saturated heterocycles. The lowest BCUT2D eigenvalue weighted by molar-refractivity contribution is 0.161. The monoisotopic (exact) mass is 337 g/mol. The third-order valence-electron chi connectivity index (χ3n) is 4.46. The lowest BCUT2D eigenvalue weighted by Gasteiger charge is -2.32. The molecule has 8 heteroatoms. The molecular weight excluding hydrogens is 314 g/mol. The third-order valence-corrected chi connectivity index (χ3v) is 5.61. The van der Waals surface area contributed by atoms with Crippen LogP contribution in [-0.4, -0.2) is 52.4 Å². The first kappa shape index (κ1) is 16.2. The molecule has 1 aliphatic rings. The van der Waals surface area contributed by atoms with E-state index in [2.05, 4.69) is 20.1 Å². The van der Waals surface area contributed by atoms with Gasteiger partial charge in [0.05, 0.1) is 18.4 Å². The number of aromatic nitrogens is 4. The van der Waals surface area contributed by atoms with Gasteiger partial charge in [-0.15, -0.1) is 0 Å². The molecule has 0 spiro atoms. The summed E-state index contributed by atoms with van der Waals surface area (Å²) in [7, 11) is -1.22. The van der Waals surface area contributed by atoms with Gasteiger partial charge in [-0.3, -0.25) is 10.00 Å². The number of hydrogen-bond donors (Lipinski definition) is 1. The summed E-state index contributed by atoms with van der Waals surface area (Å²) in [6.45, 7) is 2.85. The smallest absolute Gasteiger partial charge is 0.178 e. The van der Waals surface area contributed by atoms with Gasteiger partial charge in [0.15, 0.2) is 9.84 Å². The summed E-state index contributed by atoms with van der Waals surface area (Å²) in [6, 6.07) is 0. The number of aryl methyl sites for hydroxylation is 1. The van der Waals surface area contributed by atoms with E-state index >= 15 is 0 Å². The quantitative estimate of drug-likeness (QED) is 0.880. The number of piperidine rings is 1. The summed E-state index contributed by atoms with van der Waals surface area (Å²) in [4.78, 5) is 7.11. The summed E-state index contributed by atoms with van der Waals surface area (Å²) in [5.41, 5.74) is 0.733. The van der Waals surface area contributed by atoms with E-state index in [9.17, 15) is 8.42 Å². The molecule has 3 heterocycles. The average molecular weight is 337 g/mol. The second kappa shape index (κ2) is 6.45. The van der Waals surface area contributed by atoms with Crippen molar-refractivity contribution < 1.29 is 8.42 Å². The van der Waals surface area contributed by atoms with Crippen molar-refractivity contribution in [1.29, 1.82) is 0 Å². The number of H-pyrrole nitrogens is 1. The molecule has 1 fully saturated rings. The molecule has 0 aromatic carbocycles. The highest BCUT2D eigenvalue weighted by Crippen LogP contribution is 2.24. The molecule has 126 valence electrons. The molecule has 2 aromatic rings. The van der Waals surface area contributed by atoms with E-state index in [1.54, 1.807) is 0 Å². The first-order valence-corrected chi connectivity index (χ1v) is 9.73. The average Bonchev–Trinajstić information content (AvgIpc) is 3.09. The number of likely N-dealkylation sites (tertiary alicyclic amines) is 1. The van der Waals surface area contributed by atoms with Gasteiger partial charge < -0.3 is 4.57 Å². The zero-order valence-electron chi connectivity index (χ0n) is 13.6. The van der Waals surface area contributed by atoms with Crippen LogP contribution < -0.4 is 0 Å². The van der Waals surface area contributed by atoms with Crippen molar-refractivity contribution in [2.75, 3.05) is 19.3 Å². The van der Waals surface area contributed by atoms with Crippen molar-refractivity contribution in [3.05, 3.63) is 30.1 Å². The Hall–Kier alpha value is -1.67. The summed E-state index contributed by atoms with van der Waals surface area (Å²) in [5, 5.41) is 6.78. The van der Waals surface area contributed by atoms with Crippen LogP contribution in [-0.2, 0) is 29.9 Å². The minimum Gasteiger partial charge on any atom is -0.337 e. The van der Waals surface area contributed by atoms with Gasteiger partial charge in [-0.2, -0.15) is 5.10 Å². The van der Waals surface area contributed by atoms with Crippen LogP contribution in [0.2, 0.25) is 0 Å². The molecule has 23 heavy (non-hydrogen) atoms. The van der Waals surface area contributed by atoms with Gasteiger partial charge in [0.25, 0.3) is 0 Å². The largest absolute Gasteiger partial charge is 0.337 e. The fourth-order valence-corrected chi connectivity index (χ4v) is 4.09. The number of nitrogens with one attached hydrogen (secondary N) is 1. The van der Waals surface area contributed by atoms with Gasteiger partial charge in [-0.05, 0) is 31.7 Å². The van der Waals surface area contributed by atoms with Gasteiger partial charge in [0.2, 0.25) is 0 Å². The molecule has 7 nitrogen and oxygen atoms in total. The Morgan fingerprint density at radius 1 is 1.43 bits per heavy atom. The molecule has 2 aromatic heterocycles. The van der Waals surface area contributed by atoms with E-state index < -0.39 is 9.84 Å². The molecule has 0 amide bonds. The topological polar surface area (TPSA) is 83.9 Å². The van der Waals surface area contributed by atoms with Gasteiger partial charge >= 0.3 is 0 Å². The van der Waals surface area contributed by atoms with Crippen molar-refractivity contribution in [3.8, 4) is 0 Å². The highest BCUT2D eigenvalue weighted by Gasteiger charge is 2.24. The van der Waals surface area contributed by atoms with E-state index in [1.807, 2.05) is 24.0 Å². The SMILES string of the molecule is Cn1ccnc1CN1CCCC(Cc2[nH]ncc2S(C)(=O)=O)C1. The molecule has 3 rings (SSSR count). The van der Waals surface area contributed by atoms with Crippen LogP contribution in [0, 0.1) is 5.92 Å². The van der Waals surface area contributed by atoms with E-state index in [4.69, 9.17) is 0 Å². The van der Waals surface area contributed by atoms with Crippen LogP contribution in [0.4, 0.5) is 0 Å². The number of nitrogens with zero attached hydrogens (tertiary/aromatic N) is 4. The van der Waals surface area contributed by atoms with Crippen LogP contribution in [0.3, 0.4) is 0 Å². The van der Waals surface area contributed by atoms with Crippen LogP contribution in [0.5, 0.6) is 0 Å². The summed E-state index contributed by atoms with van der Waals surface area (Å²) < 4.78 is 25.6. The Labute approximate surface area is 136 Å². The normalized spacial score (nSPS) is 20.0. The van der Waals surface area contributed by atoms with Crippen molar-refractivity contribution >= 4 is 9.84 Å². The molecule has 1 atom stereocenters. The van der Waals surface area contributed by atoms with Gasteiger partial charge in [-0.25, -0.2) is 13.4 Å². The molecule has 1 N–H and O–H groups in total. The highest BCUT2D eigenvalue weighted by molar-refractivity contribution is 7.90. The highest BCUT2D eigenvalue weighted by atomic mass is 32.2. The summed E-state index contributed by atoms with van der Waals surface area (Å²) in [6.07, 6.45) is 9.38. The molecule has 1 unspecified atom stereocenters. The second-order valence-corrected chi connectivity index (χ2v) is 8.37. The molecule has 1 aliphatic heterocycles. The Morgan fingerprint density at radius 2 is 2.26 bits per heavy atom. The molecule has 0 saturated carbocycles. The minimum atomic E-state index is -3.22. The van der Waals surface area contributed by atoms with Gasteiger partial charge in [0.1, 0.15) is 10.7 Å². The van der Waals surface area contributed by atoms with Crippen LogP contribution >= 0.6 is 0 Å². The number of rotatable bonds is 5. The third kappa shape index (κ3) is 3.81. The summed E-state index contributed by atoms with van der Waals surface area (Å²) >= 11 is 0. The number of aromatic amines is 1. The van der Waals surface area contributed by atoms with Gasteiger partial charge in [0, 0.05) is 32.2 Å². The Balaban J connectivity index is 1.65. The molecule has 0 bridgehead atoms. The van der Waals surface area contributed by atoms with Crippen LogP contribution in [0.1, 0.15) is 24.4 Å². The first-order chi connectivity index (χ1) is 10.9. The van der Waals surface area contributed by atoms with Crippen molar-refractivity contribution in [1.82, 2.24) is 24.6 Å². The van der Waals surface area contributed by atoms with E-state index in [0.717, 1.165) is 50.4 Å². The first-order valence-electron chi connectivity index (χ1n) is 7.84. The standard InChI is InChI=1S/C15H23N5O2S/c1-19-7-5-16-15(19)11-20-6-3-4-12(10-20)8-13-14(9-17-18-13)23(2,21)22/h5,7,9,12H,3-4,6,8,10-11H2,1-2H3,(H,17,18). The zero-order valence-corrected chi connectivity index (χ0v) is 14.4. The Bertz CT molecular complexity index is 764. The van der Waals surface area contributed by atoms with Crippen molar-refractivity contribution in [2.45, 2.75) is 30.7 Å². The number of sulfone groups is 1. The maximum absolute atomic E-state index is 11.8. The fraction of sp³-hybridized carbons (Fsp3) is 0.600. The fourth-order valence-electron chi connectivity index (χ4n) is 3.27. The lowest BCUT2D eigenvalue weighted by Crippen LogP contribution is -2.36. The van der Waals surface area contributed by atoms with Crippen LogP contribution in [0.15, 0.2) is 23.5 Å². The molecular formula is C15H23N5O2S. The summed E-state index contributed by atoms with van der Waals surface area (Å²) in [5.74, 6) is 1.49. The maximum Gasteiger partial charge on any atom is 0.178 e. The molecule has 0 radical (unpaired) electrons. The van der Waals surface area contributed by atoms with E-state index in [1.165, 1.54) is 12.5 Å². The predicted octanol–water partition coefficient (Wildman–Crippen LogP) is 1.00. The lowest BCUT2D eigenvalue weighted by atomic mass is 9.93.